The molecule has 0 radical (unpaired) electrons. The fraction of sp³-hybridized carbons (Fsp3) is 0.593. The zero-order valence-electron chi connectivity index (χ0n) is 40.5. The van der Waals surface area contributed by atoms with Crippen LogP contribution in [0.5, 0.6) is 0 Å². The van der Waals surface area contributed by atoms with Gasteiger partial charge in [-0.3, -0.25) is 24.4 Å². The van der Waals surface area contributed by atoms with Crippen molar-refractivity contribution in [2.24, 2.45) is 44.0 Å². The van der Waals surface area contributed by atoms with Crippen LogP contribution in [0, 0.1) is 34.0 Å². The molecule has 0 unspecified atom stereocenters. The van der Waals surface area contributed by atoms with Crippen molar-refractivity contribution < 1.29 is 28.7 Å². The van der Waals surface area contributed by atoms with Crippen LogP contribution in [-0.4, -0.2) is 90.5 Å². The van der Waals surface area contributed by atoms with Gasteiger partial charge >= 0.3 is 12.1 Å². The third kappa shape index (κ3) is 9.35. The van der Waals surface area contributed by atoms with Crippen LogP contribution in [0.2, 0.25) is 0 Å². The molecule has 348 valence electrons. The minimum absolute atomic E-state index is 0.00814. The molecule has 6 aliphatic rings. The SMILES string of the molecule is COC(=O)C[C@H](C(=O)N1CC(C)(C)C[C@H]1C1=NC=C(c2ccc(-c3ccc(C4=CN=C([C@@H]5CC(C)(C)CN5C(=O)[C@@H](NC(=O)OC)C(C)C)C4)c4c3CC3(CCCC3)C4)cc2)C1)C(C)C. The minimum Gasteiger partial charge on any atom is -0.469 e. The molecule has 2 aromatic rings. The van der Waals surface area contributed by atoms with Gasteiger partial charge in [0.25, 0.3) is 0 Å². The third-order valence-electron chi connectivity index (χ3n) is 15.5. The van der Waals surface area contributed by atoms with Crippen molar-refractivity contribution in [2.45, 2.75) is 144 Å². The number of benzene rings is 2. The molecule has 2 aliphatic carbocycles. The molecule has 4 aliphatic heterocycles. The van der Waals surface area contributed by atoms with Gasteiger partial charge in [0, 0.05) is 49.8 Å². The number of nitrogens with zero attached hydrogens (tertiary/aromatic N) is 4. The molecule has 1 spiro atoms. The molecule has 65 heavy (non-hydrogen) atoms. The number of methoxy groups -OCH3 is 2. The van der Waals surface area contributed by atoms with E-state index in [2.05, 4.69) is 75.6 Å². The predicted octanol–water partition coefficient (Wildman–Crippen LogP) is 9.85. The number of amides is 3. The van der Waals surface area contributed by atoms with E-state index in [-0.39, 0.29) is 59.0 Å². The standard InChI is InChI=1S/C54H71N5O6/c1-32(2)40(23-47(60)64-9)49(61)58-30-52(5,6)26-45(58)43-21-36(28-55-43)34-13-15-35(16-14-34)38-17-18-39(42-25-54(24-41(38)42)19-11-12-20-54)37-22-44(56-29-37)46-27-53(7,8)31-59(46)50(62)48(33(3)4)57-51(63)65-10/h13-18,28-29,32-33,40,45-46,48H,11-12,19-27,30-31H2,1-10H3,(H,57,63)/t40-,45-,46-,48-/m0/s1. The first kappa shape index (κ1) is 46.5. The van der Waals surface area contributed by atoms with Crippen molar-refractivity contribution in [2.75, 3.05) is 27.3 Å². The smallest absolute Gasteiger partial charge is 0.407 e. The van der Waals surface area contributed by atoms with Crippen LogP contribution in [0.25, 0.3) is 22.3 Å². The summed E-state index contributed by atoms with van der Waals surface area (Å²) >= 11 is 0. The maximum absolute atomic E-state index is 14.2. The zero-order valence-corrected chi connectivity index (χ0v) is 40.5. The van der Waals surface area contributed by atoms with Crippen molar-refractivity contribution in [3.8, 4) is 11.1 Å². The fourth-order valence-corrected chi connectivity index (χ4v) is 12.0. The number of hydrogen-bond donors (Lipinski definition) is 1. The second kappa shape index (κ2) is 18.0. The summed E-state index contributed by atoms with van der Waals surface area (Å²) in [7, 11) is 2.70. The van der Waals surface area contributed by atoms with Gasteiger partial charge in [0.05, 0.1) is 38.6 Å². The molecular weight excluding hydrogens is 815 g/mol. The topological polar surface area (TPSA) is 130 Å². The van der Waals surface area contributed by atoms with E-state index in [4.69, 9.17) is 19.5 Å². The van der Waals surface area contributed by atoms with Gasteiger partial charge in [-0.2, -0.15) is 0 Å². The lowest BCUT2D eigenvalue weighted by Crippen LogP contribution is -2.53. The van der Waals surface area contributed by atoms with E-state index < -0.39 is 18.1 Å². The van der Waals surface area contributed by atoms with E-state index in [1.54, 1.807) is 0 Å². The number of allylic oxidation sites excluding steroid dienone is 2. The molecule has 4 atom stereocenters. The number of aliphatic imine (C=N–C) groups is 2. The van der Waals surface area contributed by atoms with Crippen LogP contribution in [0.3, 0.4) is 0 Å². The number of esters is 1. The number of fused-ring (bicyclic) bond motifs is 1. The number of hydrogen-bond acceptors (Lipinski definition) is 8. The van der Waals surface area contributed by atoms with E-state index in [1.807, 2.05) is 43.7 Å². The molecule has 11 heteroatoms. The van der Waals surface area contributed by atoms with Gasteiger partial charge in [-0.25, -0.2) is 4.79 Å². The highest BCUT2D eigenvalue weighted by Crippen LogP contribution is 2.53. The second-order valence-electron chi connectivity index (χ2n) is 22.3. The number of nitrogens with one attached hydrogen (secondary N) is 1. The highest BCUT2D eigenvalue weighted by atomic mass is 16.5. The Labute approximate surface area is 386 Å². The van der Waals surface area contributed by atoms with Crippen LogP contribution >= 0.6 is 0 Å². The van der Waals surface area contributed by atoms with Crippen LogP contribution < -0.4 is 5.32 Å². The summed E-state index contributed by atoms with van der Waals surface area (Å²) < 4.78 is 9.85. The molecule has 0 aromatic heterocycles. The quantitative estimate of drug-likeness (QED) is 0.211. The molecular formula is C54H71N5O6. The van der Waals surface area contributed by atoms with E-state index in [0.29, 0.717) is 31.3 Å². The zero-order chi connectivity index (χ0) is 46.6. The number of carbonyl (C=O) groups excluding carboxylic acids is 4. The Kier molecular flexibility index (Phi) is 12.8. The molecule has 1 N–H and O–H groups in total. The predicted molar refractivity (Wildman–Crippen MR) is 257 cm³/mol. The molecule has 8 rings (SSSR count). The summed E-state index contributed by atoms with van der Waals surface area (Å²) in [5, 5.41) is 2.80. The molecule has 3 fully saturated rings. The van der Waals surface area contributed by atoms with Crippen molar-refractivity contribution in [1.29, 1.82) is 0 Å². The molecule has 11 nitrogen and oxygen atoms in total. The lowest BCUT2D eigenvalue weighted by Gasteiger charge is -2.31. The minimum atomic E-state index is -0.682. The Morgan fingerprint density at radius 1 is 0.692 bits per heavy atom. The van der Waals surface area contributed by atoms with Gasteiger partial charge in [-0.05, 0) is 111 Å². The van der Waals surface area contributed by atoms with E-state index >= 15 is 0 Å². The number of alkyl carbamates (subject to hydrolysis) is 1. The van der Waals surface area contributed by atoms with Crippen molar-refractivity contribution in [3.63, 3.8) is 0 Å². The maximum atomic E-state index is 14.2. The third-order valence-corrected chi connectivity index (χ3v) is 15.5. The van der Waals surface area contributed by atoms with Crippen molar-refractivity contribution in [3.05, 3.63) is 71.1 Å². The highest BCUT2D eigenvalue weighted by molar-refractivity contribution is 6.05. The molecule has 4 heterocycles. The van der Waals surface area contributed by atoms with Gasteiger partial charge in [0.1, 0.15) is 6.04 Å². The fourth-order valence-electron chi connectivity index (χ4n) is 12.0. The summed E-state index contributed by atoms with van der Waals surface area (Å²) in [6.45, 7) is 18.0. The summed E-state index contributed by atoms with van der Waals surface area (Å²) in [6, 6.07) is 12.7. The van der Waals surface area contributed by atoms with Crippen LogP contribution in [-0.2, 0) is 36.7 Å². The van der Waals surface area contributed by atoms with Crippen LogP contribution in [0.1, 0.15) is 135 Å². The molecule has 0 bridgehead atoms. The Balaban J connectivity index is 0.996. The van der Waals surface area contributed by atoms with Crippen molar-refractivity contribution >= 4 is 46.4 Å². The van der Waals surface area contributed by atoms with E-state index in [0.717, 1.165) is 48.2 Å². The first-order valence-corrected chi connectivity index (χ1v) is 24.1. The average molecular weight is 886 g/mol. The molecule has 3 amide bonds. The summed E-state index contributed by atoms with van der Waals surface area (Å²) in [5.41, 5.74) is 12.4. The number of carbonyl (C=O) groups is 4. The van der Waals surface area contributed by atoms with Gasteiger partial charge in [-0.15, -0.1) is 0 Å². The van der Waals surface area contributed by atoms with Gasteiger partial charge in [0.2, 0.25) is 11.8 Å². The molecule has 2 aromatic carbocycles. The van der Waals surface area contributed by atoms with Gasteiger partial charge in [0.15, 0.2) is 0 Å². The Bertz CT molecular complexity index is 2350. The largest absolute Gasteiger partial charge is 0.469 e. The number of rotatable bonds is 12. The summed E-state index contributed by atoms with van der Waals surface area (Å²) in [4.78, 5) is 66.8. The summed E-state index contributed by atoms with van der Waals surface area (Å²) in [6.07, 6.45) is 13.8. The molecule has 2 saturated heterocycles. The number of likely N-dealkylation sites (tertiary alicyclic amines) is 2. The lowest BCUT2D eigenvalue weighted by molar-refractivity contribution is -0.148. The van der Waals surface area contributed by atoms with Crippen molar-refractivity contribution in [1.82, 2.24) is 15.1 Å². The summed E-state index contributed by atoms with van der Waals surface area (Å²) in [5.74, 6) is -0.954. The Morgan fingerprint density at radius 2 is 1.22 bits per heavy atom. The number of ether oxygens (including phenoxy) is 2. The monoisotopic (exact) mass is 886 g/mol. The first-order chi connectivity index (χ1) is 30.8. The van der Waals surface area contributed by atoms with Crippen LogP contribution in [0.15, 0.2) is 58.8 Å². The maximum Gasteiger partial charge on any atom is 0.407 e. The first-order valence-electron chi connectivity index (χ1n) is 24.1. The normalized spacial score (nSPS) is 23.6. The van der Waals surface area contributed by atoms with Gasteiger partial charge in [-0.1, -0.05) is 105 Å². The lowest BCUT2D eigenvalue weighted by atomic mass is 9.82. The Hall–Kier alpha value is -5.06. The van der Waals surface area contributed by atoms with E-state index in [9.17, 15) is 19.2 Å². The van der Waals surface area contributed by atoms with Crippen LogP contribution in [0.4, 0.5) is 4.79 Å². The van der Waals surface area contributed by atoms with E-state index in [1.165, 1.54) is 73.3 Å². The average Bonchev–Trinajstić information content (AvgIpc) is 4.14. The second-order valence-corrected chi connectivity index (χ2v) is 22.3. The molecule has 1 saturated carbocycles. The van der Waals surface area contributed by atoms with Gasteiger partial charge < -0.3 is 24.6 Å². The Morgan fingerprint density at radius 3 is 1.77 bits per heavy atom. The highest BCUT2D eigenvalue weighted by Gasteiger charge is 2.48.